The van der Waals surface area contributed by atoms with Gasteiger partial charge in [-0.1, -0.05) is 499 Å². The van der Waals surface area contributed by atoms with Crippen LogP contribution in [0.2, 0.25) is 15.2 Å². The topological polar surface area (TPSA) is 93.6 Å². The third kappa shape index (κ3) is 28.6. The third-order valence-corrected chi connectivity index (χ3v) is 36.8. The van der Waals surface area contributed by atoms with Crippen LogP contribution < -0.4 is 177 Å². The molecule has 0 spiro atoms. The molecule has 0 amide bonds. The molecule has 0 bridgehead atoms. The van der Waals surface area contributed by atoms with Crippen LogP contribution >= 0.6 is 66.5 Å². The molecule has 1 fully saturated rings. The first-order valence-corrected chi connectivity index (χ1v) is 54.7. The van der Waals surface area contributed by atoms with E-state index >= 15 is 0 Å². The van der Waals surface area contributed by atoms with Crippen LogP contribution in [0.3, 0.4) is 0 Å². The SMILES string of the molecule is Cc1cc(-c2ccc3c(Cl)cccc3n2)cc2c1-c1ccccc1C2(C)C.Cc1cc(B2OC(C)(C)C(C)(C)O2)cc2c1-c1ccccc1C2(C)C.Clc1ccc2c(Cl)cccc2n1.O=CO[O-].[H-].[K+].[K+].[Pd].c1ccc(P(c2ccccc2)c2ccccc2)cc1.c1ccc(P(c2ccccc2)c2ccccc2)cc1.c1ccc(P(c2ccccc2)c2ccccc2)cc1.c1ccc(P(c2ccccc2)c2ccccc2)cc1. The Morgan fingerprint density at radius 2 is 0.544 bits per heavy atom. The first-order valence-electron chi connectivity index (χ1n) is 48.2. The first kappa shape index (κ1) is 115. The fraction of sp³-hybridized carbons (Fsp3) is 0.109. The van der Waals surface area contributed by atoms with Gasteiger partial charge >= 0.3 is 110 Å². The maximum atomic E-state index is 8.64. The van der Waals surface area contributed by atoms with Crippen molar-refractivity contribution >= 4 is 171 Å². The summed E-state index contributed by atoms with van der Waals surface area (Å²) in [5.41, 5.74) is 18.0. The molecule has 0 saturated carbocycles. The summed E-state index contributed by atoms with van der Waals surface area (Å²) in [6, 6.07) is 175. The van der Waals surface area contributed by atoms with Crippen LogP contribution in [-0.4, -0.2) is 34.8 Å². The molecule has 2 aliphatic carbocycles. The van der Waals surface area contributed by atoms with E-state index in [4.69, 9.17) is 59.1 Å². The van der Waals surface area contributed by atoms with Crippen LogP contribution in [0.1, 0.15) is 90.2 Å². The van der Waals surface area contributed by atoms with Crippen LogP contribution in [0, 0.1) is 13.8 Å². The van der Waals surface area contributed by atoms with Crippen molar-refractivity contribution in [2.45, 2.75) is 91.3 Å². The molecule has 20 aromatic rings. The summed E-state index contributed by atoms with van der Waals surface area (Å²) in [6.07, 6.45) is 0. The van der Waals surface area contributed by atoms with Gasteiger partial charge in [0.15, 0.2) is 0 Å². The summed E-state index contributed by atoms with van der Waals surface area (Å²) < 4.78 is 12.6. The van der Waals surface area contributed by atoms with E-state index in [0.29, 0.717) is 10.2 Å². The Morgan fingerprint density at radius 3 is 0.823 bits per heavy atom. The number of aryl methyl sites for hydroxylation is 2. The average molecular weight is 2200 g/mol. The predicted molar refractivity (Wildman–Crippen MR) is 620 cm³/mol. The number of benzene rings is 18. The van der Waals surface area contributed by atoms with Gasteiger partial charge < -0.3 is 20.9 Å². The van der Waals surface area contributed by atoms with Gasteiger partial charge in [-0.15, -0.1) is 0 Å². The standard InChI is InChI=1S/C25H20ClN.C22H27BO2.4C18H15P.C9H5Cl2N.CH2O3.2K.Pd.H/c1-15-13-16(22-12-11-18-21(26)9-6-10-23(18)27-22)14-20-24(15)17-7-4-5-8-19(17)25(20,2)3;1-14-12-15(23-24-21(4,5)22(6,7)25-23)13-18-19(14)16-10-8-9-11-17(16)20(18,2)3;4*1-4-10-16(11-5-1)19(17-12-6-2-7-13-17)18-14-8-3-9-15-18;10-7-2-1-3-8-6(7)4-5-9(11)12-8;2-1-4-3;;;;/h4-14H,1-3H3;8-13H,1-7H3;4*1-15H;1-5H;1,3H;;;;/q;;;;;;;;2*+1;;-1/p-1. The number of halogens is 3. The summed E-state index contributed by atoms with van der Waals surface area (Å²) in [4.78, 5) is 20.3. The van der Waals surface area contributed by atoms with E-state index in [1.165, 1.54) is 119 Å². The Kier molecular flexibility index (Phi) is 43.1. The second-order valence-electron chi connectivity index (χ2n) is 36.9. The minimum Gasteiger partial charge on any atom is -1.00 e. The molecule has 7 nitrogen and oxygen atoms in total. The van der Waals surface area contributed by atoms with E-state index < -0.39 is 31.7 Å². The van der Waals surface area contributed by atoms with Crippen LogP contribution in [0.25, 0.3) is 55.3 Å². The number of nitrogens with zero attached hydrogens (tertiary/aromatic N) is 2. The normalized spacial score (nSPS) is 12.8. The van der Waals surface area contributed by atoms with Crippen molar-refractivity contribution in [1.29, 1.82) is 0 Å². The van der Waals surface area contributed by atoms with Crippen molar-refractivity contribution in [3.05, 3.63) is 546 Å². The van der Waals surface area contributed by atoms with E-state index in [2.05, 4.69) is 528 Å². The van der Waals surface area contributed by atoms with Crippen LogP contribution in [0.5, 0.6) is 0 Å². The third-order valence-electron chi connectivity index (χ3n) is 26.1. The van der Waals surface area contributed by atoms with Gasteiger partial charge in [0, 0.05) is 57.6 Å². The maximum absolute atomic E-state index is 8.64. The van der Waals surface area contributed by atoms with Gasteiger partial charge in [-0.25, -0.2) is 9.97 Å². The number of hydrogen-bond donors (Lipinski definition) is 0. The molecule has 1 saturated heterocycles. The summed E-state index contributed by atoms with van der Waals surface area (Å²) in [5.74, 6) is 0. The Morgan fingerprint density at radius 1 is 0.299 bits per heavy atom. The average Bonchev–Trinajstić information content (AvgIpc) is 1.58. The molecule has 0 unspecified atom stereocenters. The molecule has 0 radical (unpaired) electrons. The summed E-state index contributed by atoms with van der Waals surface area (Å²) >= 11 is 17.9. The predicted octanol–water partition coefficient (Wildman–Crippen LogP) is 21.6. The van der Waals surface area contributed by atoms with E-state index in [1.807, 2.05) is 42.5 Å². The molecule has 726 valence electrons. The zero-order valence-electron chi connectivity index (χ0n) is 85.7. The van der Waals surface area contributed by atoms with Gasteiger partial charge in [0.25, 0.3) is 6.47 Å². The molecule has 3 heterocycles. The van der Waals surface area contributed by atoms with E-state index in [1.54, 1.807) is 6.07 Å². The molecule has 147 heavy (non-hydrogen) atoms. The Bertz CT molecular complexity index is 6750. The fourth-order valence-electron chi connectivity index (χ4n) is 18.4. The molecule has 3 aliphatic rings. The first-order chi connectivity index (χ1) is 70.0. The number of aromatic nitrogens is 2. The second kappa shape index (κ2) is 55.1. The van der Waals surface area contributed by atoms with Crippen LogP contribution in [0.15, 0.2) is 497 Å². The minimum absolute atomic E-state index is 0. The zero-order valence-corrected chi connectivity index (χ0v) is 98.3. The van der Waals surface area contributed by atoms with Crippen molar-refractivity contribution in [2.75, 3.05) is 0 Å². The molecular formula is C129H114BCl3K2N2O5P4Pd. The number of carbonyl (C=O) groups is 1. The number of pyridine rings is 2. The van der Waals surface area contributed by atoms with Crippen molar-refractivity contribution in [2.24, 2.45) is 0 Å². The van der Waals surface area contributed by atoms with Crippen molar-refractivity contribution in [3.8, 4) is 33.5 Å². The molecule has 0 atom stereocenters. The fourth-order valence-corrected chi connectivity index (χ4v) is 28.3. The summed E-state index contributed by atoms with van der Waals surface area (Å²) in [7, 11) is -2.10. The largest absolute Gasteiger partial charge is 1.00 e. The minimum atomic E-state index is -0.446. The molecule has 2 aromatic heterocycles. The Balaban J connectivity index is 0.000000153. The van der Waals surface area contributed by atoms with Gasteiger partial charge in [0.05, 0.1) is 27.9 Å². The van der Waals surface area contributed by atoms with Gasteiger partial charge in [-0.05, 0) is 259 Å². The summed E-state index contributed by atoms with van der Waals surface area (Å²) in [5, 5.41) is 29.1. The number of hydrogen-bond acceptors (Lipinski definition) is 7. The van der Waals surface area contributed by atoms with Gasteiger partial charge in [0.1, 0.15) is 5.15 Å². The Hall–Kier alpha value is -9.28. The molecule has 1 aliphatic heterocycles. The number of fused-ring (bicyclic) bond motifs is 8. The van der Waals surface area contributed by atoms with Gasteiger partial charge in [0.2, 0.25) is 0 Å². The van der Waals surface area contributed by atoms with Crippen molar-refractivity contribution < 1.29 is 149 Å². The Labute approximate surface area is 988 Å². The maximum Gasteiger partial charge on any atom is 1.00 e. The number of carbonyl (C=O) groups excluding carboxylic acids is 1. The monoisotopic (exact) mass is 2190 g/mol. The van der Waals surface area contributed by atoms with E-state index in [9.17, 15) is 0 Å². The van der Waals surface area contributed by atoms with Crippen LogP contribution in [0.4, 0.5) is 0 Å². The second-order valence-corrected chi connectivity index (χ2v) is 47.0. The molecular weight excluding hydrogens is 2080 g/mol. The quantitative estimate of drug-likeness (QED) is 0.0252. The smallest absolute Gasteiger partial charge is 1.00 e. The number of rotatable bonds is 15. The molecule has 23 rings (SSSR count). The van der Waals surface area contributed by atoms with Crippen molar-refractivity contribution in [1.82, 2.24) is 9.97 Å². The molecule has 18 heteroatoms. The zero-order chi connectivity index (χ0) is 101. The van der Waals surface area contributed by atoms with Gasteiger partial charge in [-0.2, -0.15) is 0 Å². The molecule has 18 aromatic carbocycles. The van der Waals surface area contributed by atoms with Crippen molar-refractivity contribution in [3.63, 3.8) is 0 Å². The van der Waals surface area contributed by atoms with E-state index in [0.717, 1.165) is 43.5 Å². The summed E-state index contributed by atoms with van der Waals surface area (Å²) in [6.45, 7) is 21.9. The van der Waals surface area contributed by atoms with Gasteiger partial charge in [-0.3, -0.25) is 4.79 Å². The van der Waals surface area contributed by atoms with E-state index in [-0.39, 0.29) is 160 Å². The molecule has 0 N–H and O–H groups in total. The van der Waals surface area contributed by atoms with Crippen LogP contribution in [-0.2, 0) is 50.2 Å².